The van der Waals surface area contributed by atoms with Crippen LogP contribution in [0.25, 0.3) is 11.2 Å². The molecule has 2 rings (SSSR count). The van der Waals surface area contributed by atoms with Gasteiger partial charge < -0.3 is 9.67 Å². The largest absolute Gasteiger partial charge is 0.390 e. The van der Waals surface area contributed by atoms with E-state index in [1.807, 2.05) is 0 Å². The van der Waals surface area contributed by atoms with E-state index in [-0.39, 0.29) is 9.13 Å². The van der Waals surface area contributed by atoms with Gasteiger partial charge in [-0.15, -0.1) is 0 Å². The van der Waals surface area contributed by atoms with Crippen LogP contribution in [0.5, 0.6) is 0 Å². The fraction of sp³-hybridized carbons (Fsp3) is 0.688. The molecule has 0 aliphatic heterocycles. The first-order valence-corrected chi connectivity index (χ1v) is 5.88. The first-order chi connectivity index (χ1) is 19.0. The topological polar surface area (TPSA) is 82.1 Å². The molecule has 0 aliphatic rings. The second kappa shape index (κ2) is 6.70. The summed E-state index contributed by atoms with van der Waals surface area (Å²) >= 11 is 0. The highest BCUT2D eigenvalue weighted by Crippen LogP contribution is 2.12. The molecule has 0 saturated carbocycles. The number of hydrogen-bond donors (Lipinski definition) is 1. The normalized spacial score (nSPS) is 33.2. The van der Waals surface area contributed by atoms with Crippen LogP contribution in [-0.2, 0) is 20.0 Å². The molecule has 7 nitrogen and oxygen atoms in total. The molecule has 7 heteroatoms. The van der Waals surface area contributed by atoms with E-state index in [4.69, 9.17) is 28.8 Å². The third kappa shape index (κ3) is 3.72. The Balaban J connectivity index is 3.07. The molecule has 2 aromatic rings. The van der Waals surface area contributed by atoms with Gasteiger partial charge in [0, 0.05) is 46.1 Å². The van der Waals surface area contributed by atoms with E-state index >= 15 is 0 Å². The van der Waals surface area contributed by atoms with Gasteiger partial charge >= 0.3 is 5.69 Å². The SMILES string of the molecule is [2H]C([2H])([2H])C([2H])([2H])C([2H])([2H])n1cnc2c1c(=O)n(C([2H])([2H])C([2H])([2H])C([2H])([2H])C([2H])([2H])C(O)(C([2H])([2H])[2H])C([3H])([3H])[3H])c(=O)n2C. The number of nitrogens with zero attached hydrogens (tertiary/aromatic N) is 4. The Morgan fingerprint density at radius 3 is 3.00 bits per heavy atom. The zero-order valence-electron chi connectivity index (χ0n) is 32.6. The van der Waals surface area contributed by atoms with Crippen LogP contribution in [0.4, 0.5) is 0 Å². The molecule has 1 unspecified atom stereocenters. The number of fused-ring (bicyclic) bond motifs is 1. The van der Waals surface area contributed by atoms with Gasteiger partial charge in [-0.2, -0.15) is 0 Å². The molecule has 0 amide bonds. The van der Waals surface area contributed by atoms with Crippen molar-refractivity contribution in [3.8, 4) is 0 Å². The van der Waals surface area contributed by atoms with Crippen LogP contribution in [0.15, 0.2) is 15.9 Å². The first-order valence-electron chi connectivity index (χ1n) is 16.4. The smallest absolute Gasteiger partial charge is 0.332 e. The molecule has 1 N–H and O–H groups in total. The van der Waals surface area contributed by atoms with E-state index < -0.39 is 91.6 Å². The summed E-state index contributed by atoms with van der Waals surface area (Å²) in [5.41, 5.74) is -10.7. The van der Waals surface area contributed by atoms with Crippen LogP contribution >= 0.6 is 0 Å². The van der Waals surface area contributed by atoms with Gasteiger partial charge in [-0.1, -0.05) is 6.85 Å². The van der Waals surface area contributed by atoms with Crippen LogP contribution in [0.2, 0.25) is 0 Å². The van der Waals surface area contributed by atoms with Crippen molar-refractivity contribution in [2.45, 2.75) is 64.6 Å². The monoisotopic (exact) mass is 346 g/mol. The zero-order chi connectivity index (χ0) is 35.5. The highest BCUT2D eigenvalue weighted by Gasteiger charge is 2.16. The summed E-state index contributed by atoms with van der Waals surface area (Å²) in [6, 6.07) is 0. The maximum Gasteiger partial charge on any atom is 0.332 e. The second-order valence-corrected chi connectivity index (χ2v) is 4.20. The Morgan fingerprint density at radius 2 is 2.30 bits per heavy atom. The molecule has 1 atom stereocenters. The maximum absolute atomic E-state index is 13.6. The Kier molecular flexibility index (Phi) is 1.34. The molecule has 23 heavy (non-hydrogen) atoms. The van der Waals surface area contributed by atoms with Gasteiger partial charge in [-0.05, 0) is 39.2 Å². The fourth-order valence-electron chi connectivity index (χ4n) is 1.67. The standard InChI is InChI=1S/C16H26N4O3/c1-5-9-19-11-17-13-12(19)14(21)20(15(22)18(13)4)10-7-6-8-16(2,3)23/h11,23H,5-10H2,1-4H3/i1D3,2D3,3T3,5D2,6D2,7D2,8D2,9D2,10D2. The van der Waals surface area contributed by atoms with Gasteiger partial charge in [-0.25, -0.2) is 9.78 Å². The summed E-state index contributed by atoms with van der Waals surface area (Å²) in [4.78, 5) is 30.3. The number of imidazole rings is 1. The minimum Gasteiger partial charge on any atom is -0.390 e. The molecule has 0 aliphatic carbocycles. The van der Waals surface area contributed by atoms with Crippen molar-refractivity contribution in [3.05, 3.63) is 27.2 Å². The van der Waals surface area contributed by atoms with Gasteiger partial charge in [0.1, 0.15) is 0 Å². The van der Waals surface area contributed by atoms with E-state index in [9.17, 15) is 14.7 Å². The number of aryl methyl sites for hydroxylation is 2. The molecule has 0 saturated heterocycles. The van der Waals surface area contributed by atoms with E-state index in [2.05, 4.69) is 4.98 Å². The molecular formula is C16H26N4O3. The Morgan fingerprint density at radius 1 is 1.48 bits per heavy atom. The van der Waals surface area contributed by atoms with Crippen LogP contribution in [0, 0.1) is 0 Å². The summed E-state index contributed by atoms with van der Waals surface area (Å²) < 4.78 is 164. The molecular weight excluding hydrogens is 296 g/mol. The molecule has 0 spiro atoms. The summed E-state index contributed by atoms with van der Waals surface area (Å²) in [5.74, 6) is 0. The molecule has 0 radical (unpaired) electrons. The zero-order valence-corrected chi connectivity index (χ0v) is 11.6. The second-order valence-electron chi connectivity index (χ2n) is 4.20. The van der Waals surface area contributed by atoms with Crippen molar-refractivity contribution in [1.82, 2.24) is 18.7 Å². The first kappa shape index (κ1) is 4.59. The number of rotatable bonds is 7. The lowest BCUT2D eigenvalue weighted by molar-refractivity contribution is 0.0678. The molecule has 0 bridgehead atoms. The van der Waals surface area contributed by atoms with E-state index in [0.29, 0.717) is 6.33 Å². The van der Waals surface area contributed by atoms with Gasteiger partial charge in [-0.3, -0.25) is 13.9 Å². The number of aromatic nitrogens is 4. The highest BCUT2D eigenvalue weighted by atomic mass is 16.3. The number of hydrogen-bond acceptors (Lipinski definition) is 4. The van der Waals surface area contributed by atoms with Gasteiger partial charge in [0.05, 0.1) is 14.7 Å². The average Bonchev–Trinajstić information content (AvgIpc) is 3.25. The lowest BCUT2D eigenvalue weighted by Crippen LogP contribution is -2.39. The highest BCUT2D eigenvalue weighted by molar-refractivity contribution is 5.69. The van der Waals surface area contributed by atoms with Crippen molar-refractivity contribution < 1.29 is 33.9 Å². The maximum atomic E-state index is 13.6. The van der Waals surface area contributed by atoms with Gasteiger partial charge in [0.25, 0.3) is 5.56 Å². The third-order valence-corrected chi connectivity index (χ3v) is 2.60. The van der Waals surface area contributed by atoms with Crippen molar-refractivity contribution in [2.75, 3.05) is 0 Å². The van der Waals surface area contributed by atoms with E-state index in [1.165, 1.54) is 0 Å². The van der Waals surface area contributed by atoms with Crippen LogP contribution in [-0.4, -0.2) is 29.4 Å². The Bertz CT molecular complexity index is 1540. The van der Waals surface area contributed by atoms with E-state index in [1.54, 1.807) is 0 Å². The van der Waals surface area contributed by atoms with Crippen molar-refractivity contribution >= 4 is 11.2 Å². The summed E-state index contributed by atoms with van der Waals surface area (Å²) in [6.07, 6.45) is -17.5. The quantitative estimate of drug-likeness (QED) is 0.818. The van der Waals surface area contributed by atoms with Crippen molar-refractivity contribution in [2.24, 2.45) is 7.05 Å². The van der Waals surface area contributed by atoms with Crippen LogP contribution in [0.3, 0.4) is 0 Å². The Hall–Kier alpha value is -1.89. The van der Waals surface area contributed by atoms with Gasteiger partial charge in [0.2, 0.25) is 0 Å². The molecule has 2 aromatic heterocycles. The average molecular weight is 347 g/mol. The van der Waals surface area contributed by atoms with Crippen molar-refractivity contribution in [1.29, 1.82) is 0 Å². The lowest BCUT2D eigenvalue weighted by atomic mass is 10.0. The number of aliphatic hydroxyl groups is 1. The van der Waals surface area contributed by atoms with Gasteiger partial charge in [0.15, 0.2) is 11.2 Å². The molecule has 128 valence electrons. The third-order valence-electron chi connectivity index (χ3n) is 2.60. The minimum absolute atomic E-state index is 0.0193. The van der Waals surface area contributed by atoms with E-state index in [0.717, 1.165) is 7.05 Å². The summed E-state index contributed by atoms with van der Waals surface area (Å²) in [6.45, 7) is -20.5. The summed E-state index contributed by atoms with van der Waals surface area (Å²) in [7, 11) is 0.771. The Labute approximate surface area is 164 Å². The predicted octanol–water partition coefficient (Wildman–Crippen LogP) is 1.25. The lowest BCUT2D eigenvalue weighted by Gasteiger charge is -2.16. The van der Waals surface area contributed by atoms with Crippen LogP contribution < -0.4 is 11.2 Å². The summed E-state index contributed by atoms with van der Waals surface area (Å²) in [5, 5.41) is 10.7. The minimum atomic E-state index is -4.75. The molecule has 0 fully saturated rings. The van der Waals surface area contributed by atoms with Crippen molar-refractivity contribution in [3.63, 3.8) is 0 Å². The molecule has 2 heterocycles. The fourth-order valence-corrected chi connectivity index (χ4v) is 1.67. The predicted molar refractivity (Wildman–Crippen MR) is 89.7 cm³/mol. The van der Waals surface area contributed by atoms with Crippen LogP contribution in [0.1, 0.15) is 74.8 Å². The molecule has 0 aromatic carbocycles.